The summed E-state index contributed by atoms with van der Waals surface area (Å²) in [6.07, 6.45) is 0. The molecule has 0 atom stereocenters. The summed E-state index contributed by atoms with van der Waals surface area (Å²) in [6.45, 7) is 0.391. The number of benzene rings is 2. The number of rotatable bonds is 3. The predicted molar refractivity (Wildman–Crippen MR) is 74.0 cm³/mol. The van der Waals surface area contributed by atoms with Gasteiger partial charge in [0.25, 0.3) is 0 Å². The summed E-state index contributed by atoms with van der Waals surface area (Å²) in [5.74, 6) is -1.46. The van der Waals surface area contributed by atoms with Crippen LogP contribution in [0.25, 0.3) is 0 Å². The molecule has 0 spiro atoms. The highest BCUT2D eigenvalue weighted by molar-refractivity contribution is 5.68. The predicted octanol–water partition coefficient (Wildman–Crippen LogP) is 3.06. The van der Waals surface area contributed by atoms with Crippen molar-refractivity contribution in [2.24, 2.45) is 0 Å². The third kappa shape index (κ3) is 2.86. The second-order valence-corrected chi connectivity index (χ2v) is 4.49. The molecule has 0 aliphatic heterocycles. The maximum Gasteiger partial charge on any atom is 0.151 e. The Morgan fingerprint density at radius 2 is 2.00 bits per heavy atom. The van der Waals surface area contributed by atoms with E-state index in [1.807, 2.05) is 12.1 Å². The Morgan fingerprint density at radius 3 is 2.70 bits per heavy atom. The summed E-state index contributed by atoms with van der Waals surface area (Å²) >= 11 is 0. The van der Waals surface area contributed by atoms with Gasteiger partial charge in [-0.2, -0.15) is 5.26 Å². The van der Waals surface area contributed by atoms with E-state index in [0.717, 1.165) is 11.6 Å². The highest BCUT2D eigenvalue weighted by Gasteiger charge is 2.12. The van der Waals surface area contributed by atoms with Gasteiger partial charge >= 0.3 is 0 Å². The summed E-state index contributed by atoms with van der Waals surface area (Å²) in [6, 6.07) is 11.0. The fourth-order valence-corrected chi connectivity index (χ4v) is 1.99. The molecule has 2 N–H and O–H groups in total. The first-order valence-electron chi connectivity index (χ1n) is 5.96. The van der Waals surface area contributed by atoms with Crippen LogP contribution in [-0.2, 0) is 6.54 Å². The monoisotopic (exact) mass is 273 g/mol. The number of nitrogens with two attached hydrogens (primary N) is 1. The number of halogens is 2. The van der Waals surface area contributed by atoms with E-state index in [2.05, 4.69) is 0 Å². The van der Waals surface area contributed by atoms with Crippen LogP contribution in [0, 0.1) is 23.0 Å². The molecule has 2 aromatic rings. The Labute approximate surface area is 115 Å². The molecule has 0 radical (unpaired) electrons. The van der Waals surface area contributed by atoms with E-state index >= 15 is 0 Å². The van der Waals surface area contributed by atoms with E-state index in [1.54, 1.807) is 30.1 Å². The molecule has 0 amide bonds. The zero-order valence-electron chi connectivity index (χ0n) is 10.9. The largest absolute Gasteiger partial charge is 0.395 e. The molecule has 0 unspecified atom stereocenters. The lowest BCUT2D eigenvalue weighted by Gasteiger charge is -2.21. The first kappa shape index (κ1) is 13.8. The van der Waals surface area contributed by atoms with Crippen LogP contribution >= 0.6 is 0 Å². The Kier molecular flexibility index (Phi) is 3.85. The van der Waals surface area contributed by atoms with Gasteiger partial charge in [-0.15, -0.1) is 0 Å². The second kappa shape index (κ2) is 5.57. The topological polar surface area (TPSA) is 53.0 Å². The highest BCUT2D eigenvalue weighted by atomic mass is 19.1. The maximum atomic E-state index is 13.4. The summed E-state index contributed by atoms with van der Waals surface area (Å²) in [7, 11) is 1.68. The molecular formula is C15H13F2N3. The molecule has 0 aliphatic carbocycles. The van der Waals surface area contributed by atoms with Gasteiger partial charge < -0.3 is 10.6 Å². The number of anilines is 2. The van der Waals surface area contributed by atoms with Gasteiger partial charge in [0.2, 0.25) is 0 Å². The van der Waals surface area contributed by atoms with Gasteiger partial charge in [0, 0.05) is 19.7 Å². The molecule has 0 saturated heterocycles. The molecule has 2 aromatic carbocycles. The lowest BCUT2D eigenvalue weighted by Crippen LogP contribution is -2.18. The van der Waals surface area contributed by atoms with Crippen LogP contribution in [0.1, 0.15) is 11.1 Å². The van der Waals surface area contributed by atoms with Crippen LogP contribution in [0.2, 0.25) is 0 Å². The molecule has 0 fully saturated rings. The molecule has 0 heterocycles. The summed E-state index contributed by atoms with van der Waals surface area (Å²) in [5.41, 5.74) is 7.21. The molecule has 3 nitrogen and oxygen atoms in total. The number of hydrogen-bond donors (Lipinski definition) is 1. The van der Waals surface area contributed by atoms with E-state index < -0.39 is 11.6 Å². The summed E-state index contributed by atoms with van der Waals surface area (Å²) in [4.78, 5) is 1.64. The Bertz CT molecular complexity index is 677. The number of nitrogen functional groups attached to an aromatic ring is 1. The van der Waals surface area contributed by atoms with Crippen LogP contribution in [0.4, 0.5) is 20.2 Å². The van der Waals surface area contributed by atoms with Crippen molar-refractivity contribution in [3.05, 3.63) is 59.2 Å². The van der Waals surface area contributed by atoms with Crippen molar-refractivity contribution in [3.8, 4) is 6.07 Å². The molecule has 5 heteroatoms. The molecule has 102 valence electrons. The minimum absolute atomic E-state index is 0.0923. The maximum absolute atomic E-state index is 13.4. The number of hydrogen-bond acceptors (Lipinski definition) is 3. The van der Waals surface area contributed by atoms with Crippen molar-refractivity contribution in [2.75, 3.05) is 17.7 Å². The third-order valence-corrected chi connectivity index (χ3v) is 2.96. The average molecular weight is 273 g/mol. The molecule has 2 rings (SSSR count). The van der Waals surface area contributed by atoms with Crippen molar-refractivity contribution < 1.29 is 8.78 Å². The van der Waals surface area contributed by atoms with Gasteiger partial charge in [0.15, 0.2) is 5.82 Å². The first-order valence-corrected chi connectivity index (χ1v) is 5.96. The van der Waals surface area contributed by atoms with Gasteiger partial charge in [-0.3, -0.25) is 0 Å². The van der Waals surface area contributed by atoms with Crippen molar-refractivity contribution in [1.82, 2.24) is 0 Å². The lowest BCUT2D eigenvalue weighted by molar-refractivity contribution is 0.585. The SMILES string of the molecule is CN(Cc1cccc(C#N)c1)c1cc(F)cc(F)c1N. The number of nitrogens with zero attached hydrogens (tertiary/aromatic N) is 2. The van der Waals surface area contributed by atoms with Crippen molar-refractivity contribution in [1.29, 1.82) is 5.26 Å². The van der Waals surface area contributed by atoms with Gasteiger partial charge in [0.1, 0.15) is 5.82 Å². The van der Waals surface area contributed by atoms with Gasteiger partial charge in [0.05, 0.1) is 23.0 Å². The first-order chi connectivity index (χ1) is 9.51. The van der Waals surface area contributed by atoms with Gasteiger partial charge in [-0.05, 0) is 23.8 Å². The standard InChI is InChI=1S/C15H13F2N3/c1-20(9-11-4-2-3-10(5-11)8-18)14-7-12(16)6-13(17)15(14)19/h2-7H,9,19H2,1H3. The van der Waals surface area contributed by atoms with Crippen molar-refractivity contribution >= 4 is 11.4 Å². The summed E-state index contributed by atoms with van der Waals surface area (Å²) in [5, 5.41) is 8.85. The summed E-state index contributed by atoms with van der Waals surface area (Å²) < 4.78 is 26.7. The quantitative estimate of drug-likeness (QED) is 0.874. The van der Waals surface area contributed by atoms with Crippen LogP contribution in [-0.4, -0.2) is 7.05 Å². The van der Waals surface area contributed by atoms with E-state index in [9.17, 15) is 8.78 Å². The molecule has 0 aliphatic rings. The third-order valence-electron chi connectivity index (χ3n) is 2.96. The average Bonchev–Trinajstić information content (AvgIpc) is 2.43. The highest BCUT2D eigenvalue weighted by Crippen LogP contribution is 2.27. The van der Waals surface area contributed by atoms with Gasteiger partial charge in [-0.1, -0.05) is 12.1 Å². The van der Waals surface area contributed by atoms with Gasteiger partial charge in [-0.25, -0.2) is 8.78 Å². The smallest absolute Gasteiger partial charge is 0.151 e. The van der Waals surface area contributed by atoms with E-state index in [1.165, 1.54) is 6.07 Å². The molecule has 20 heavy (non-hydrogen) atoms. The van der Waals surface area contributed by atoms with E-state index in [-0.39, 0.29) is 11.4 Å². The zero-order chi connectivity index (χ0) is 14.7. The second-order valence-electron chi connectivity index (χ2n) is 4.49. The van der Waals surface area contributed by atoms with Crippen LogP contribution in [0.15, 0.2) is 36.4 Å². The lowest BCUT2D eigenvalue weighted by atomic mass is 10.1. The number of nitriles is 1. The van der Waals surface area contributed by atoms with Crippen molar-refractivity contribution in [3.63, 3.8) is 0 Å². The van der Waals surface area contributed by atoms with Crippen LogP contribution < -0.4 is 10.6 Å². The fourth-order valence-electron chi connectivity index (χ4n) is 1.99. The normalized spacial score (nSPS) is 10.1. The minimum Gasteiger partial charge on any atom is -0.395 e. The Balaban J connectivity index is 2.28. The fraction of sp³-hybridized carbons (Fsp3) is 0.133. The molecule has 0 bridgehead atoms. The van der Waals surface area contributed by atoms with Crippen molar-refractivity contribution in [2.45, 2.75) is 6.54 Å². The van der Waals surface area contributed by atoms with E-state index in [0.29, 0.717) is 12.1 Å². The molecule has 0 saturated carbocycles. The Hall–Kier alpha value is -2.61. The zero-order valence-corrected chi connectivity index (χ0v) is 10.9. The molecular weight excluding hydrogens is 260 g/mol. The Morgan fingerprint density at radius 1 is 1.25 bits per heavy atom. The van der Waals surface area contributed by atoms with Crippen LogP contribution in [0.5, 0.6) is 0 Å². The van der Waals surface area contributed by atoms with E-state index in [4.69, 9.17) is 11.0 Å². The minimum atomic E-state index is -0.780. The van der Waals surface area contributed by atoms with Crippen LogP contribution in [0.3, 0.4) is 0 Å². The molecule has 0 aromatic heterocycles.